The SMILES string of the molecule is Cc1cc(Cn2c(=O)n(Cc3cc(C)c(O)c(C)c3)c(=O)n(Cc3cc(C)c(O)c(C)c3)c2=O)cc(C)c1C. The summed E-state index contributed by atoms with van der Waals surface area (Å²) in [5.74, 6) is 0.327. The van der Waals surface area contributed by atoms with Crippen LogP contribution in [0.25, 0.3) is 0 Å². The van der Waals surface area contributed by atoms with Gasteiger partial charge in [-0.1, -0.05) is 36.4 Å². The van der Waals surface area contributed by atoms with E-state index in [4.69, 9.17) is 0 Å². The maximum Gasteiger partial charge on any atom is 0.336 e. The molecule has 4 aromatic rings. The van der Waals surface area contributed by atoms with Crippen molar-refractivity contribution in [3.05, 3.63) is 123 Å². The van der Waals surface area contributed by atoms with E-state index in [1.54, 1.807) is 52.0 Å². The van der Waals surface area contributed by atoms with E-state index >= 15 is 0 Å². The minimum absolute atomic E-state index is 0.0151. The molecule has 0 spiro atoms. The van der Waals surface area contributed by atoms with Gasteiger partial charge in [0.25, 0.3) is 0 Å². The normalized spacial score (nSPS) is 11.3. The van der Waals surface area contributed by atoms with Crippen LogP contribution in [-0.2, 0) is 19.6 Å². The molecule has 0 saturated carbocycles. The number of phenols is 2. The Kier molecular flexibility index (Phi) is 7.41. The van der Waals surface area contributed by atoms with Crippen LogP contribution in [0.5, 0.6) is 11.5 Å². The highest BCUT2D eigenvalue weighted by molar-refractivity contribution is 5.43. The standard InChI is InChI=1S/C31H35N3O5/c1-17-8-24(9-18(2)23(17)7)14-32-29(37)33(15-25-10-19(3)27(35)20(4)11-25)31(39)34(30(32)38)16-26-12-21(5)28(36)22(6)13-26/h8-13,35-36H,14-16H2,1-7H3. The third-order valence-corrected chi connectivity index (χ3v) is 7.50. The van der Waals surface area contributed by atoms with Crippen molar-refractivity contribution in [3.8, 4) is 11.5 Å². The molecule has 0 aliphatic carbocycles. The van der Waals surface area contributed by atoms with Crippen molar-refractivity contribution in [1.82, 2.24) is 13.7 Å². The predicted octanol–water partition coefficient (Wildman–Crippen LogP) is 3.89. The number of hydrogen-bond acceptors (Lipinski definition) is 5. The molecule has 0 unspecified atom stereocenters. The van der Waals surface area contributed by atoms with Crippen LogP contribution >= 0.6 is 0 Å². The zero-order valence-electron chi connectivity index (χ0n) is 23.5. The number of aromatic hydroxyl groups is 2. The number of aryl methyl sites for hydroxylation is 6. The van der Waals surface area contributed by atoms with Crippen molar-refractivity contribution in [2.24, 2.45) is 0 Å². The van der Waals surface area contributed by atoms with Gasteiger partial charge in [-0.05, 0) is 104 Å². The molecular weight excluding hydrogens is 494 g/mol. The average Bonchev–Trinajstić information content (AvgIpc) is 2.87. The molecule has 0 atom stereocenters. The first-order chi connectivity index (χ1) is 18.3. The van der Waals surface area contributed by atoms with Crippen LogP contribution in [0.15, 0.2) is 50.8 Å². The van der Waals surface area contributed by atoms with Crippen LogP contribution < -0.4 is 17.1 Å². The average molecular weight is 530 g/mol. The van der Waals surface area contributed by atoms with E-state index in [1.807, 2.05) is 32.9 Å². The van der Waals surface area contributed by atoms with E-state index in [0.29, 0.717) is 33.4 Å². The molecule has 0 aliphatic rings. The number of hydrogen-bond donors (Lipinski definition) is 2. The second kappa shape index (κ2) is 10.4. The summed E-state index contributed by atoms with van der Waals surface area (Å²) in [6.45, 7) is 12.9. The van der Waals surface area contributed by atoms with Crippen molar-refractivity contribution < 1.29 is 10.2 Å². The van der Waals surface area contributed by atoms with Crippen molar-refractivity contribution in [1.29, 1.82) is 0 Å². The van der Waals surface area contributed by atoms with Gasteiger partial charge in [-0.3, -0.25) is 0 Å². The first kappa shape index (κ1) is 27.7. The summed E-state index contributed by atoms with van der Waals surface area (Å²) in [4.78, 5) is 41.0. The zero-order valence-corrected chi connectivity index (χ0v) is 23.5. The molecule has 0 radical (unpaired) electrons. The number of nitrogens with zero attached hydrogens (tertiary/aromatic N) is 3. The summed E-state index contributed by atoms with van der Waals surface area (Å²) in [5, 5.41) is 20.4. The molecular formula is C31H35N3O5. The first-order valence-corrected chi connectivity index (χ1v) is 12.9. The van der Waals surface area contributed by atoms with Gasteiger partial charge in [0.1, 0.15) is 11.5 Å². The van der Waals surface area contributed by atoms with Crippen molar-refractivity contribution in [2.45, 2.75) is 68.1 Å². The summed E-state index contributed by atoms with van der Waals surface area (Å²) in [6.07, 6.45) is 0. The second-order valence-corrected chi connectivity index (χ2v) is 10.6. The first-order valence-electron chi connectivity index (χ1n) is 12.9. The quantitative estimate of drug-likeness (QED) is 0.394. The number of benzene rings is 3. The highest BCUT2D eigenvalue weighted by Gasteiger charge is 2.18. The third-order valence-electron chi connectivity index (χ3n) is 7.50. The van der Waals surface area contributed by atoms with Gasteiger partial charge in [0.15, 0.2) is 0 Å². The molecule has 2 N–H and O–H groups in total. The summed E-state index contributed by atoms with van der Waals surface area (Å²) in [6, 6.07) is 10.8. The van der Waals surface area contributed by atoms with Crippen molar-refractivity contribution >= 4 is 0 Å². The number of phenolic OH excluding ortho intramolecular Hbond substituents is 2. The molecule has 0 aliphatic heterocycles. The van der Waals surface area contributed by atoms with Gasteiger partial charge in [0.2, 0.25) is 0 Å². The number of aromatic nitrogens is 3. The van der Waals surface area contributed by atoms with Gasteiger partial charge in [0, 0.05) is 0 Å². The highest BCUT2D eigenvalue weighted by Crippen LogP contribution is 2.24. The molecule has 8 nitrogen and oxygen atoms in total. The molecule has 1 heterocycles. The highest BCUT2D eigenvalue weighted by atomic mass is 16.3. The van der Waals surface area contributed by atoms with Gasteiger partial charge in [-0.15, -0.1) is 0 Å². The molecule has 39 heavy (non-hydrogen) atoms. The van der Waals surface area contributed by atoms with Crippen LogP contribution in [0.1, 0.15) is 55.6 Å². The third kappa shape index (κ3) is 5.32. The lowest BCUT2D eigenvalue weighted by Gasteiger charge is -2.16. The lowest BCUT2D eigenvalue weighted by Crippen LogP contribution is -2.54. The molecule has 1 aromatic heterocycles. The Morgan fingerprint density at radius 2 is 0.692 bits per heavy atom. The van der Waals surface area contributed by atoms with Crippen LogP contribution in [0.2, 0.25) is 0 Å². The molecule has 0 bridgehead atoms. The number of rotatable bonds is 6. The fourth-order valence-electron chi connectivity index (χ4n) is 5.13. The smallest absolute Gasteiger partial charge is 0.336 e. The largest absolute Gasteiger partial charge is 0.507 e. The molecule has 0 amide bonds. The van der Waals surface area contributed by atoms with Gasteiger partial charge in [-0.2, -0.15) is 0 Å². The zero-order chi connectivity index (χ0) is 28.8. The van der Waals surface area contributed by atoms with E-state index in [9.17, 15) is 24.6 Å². The minimum atomic E-state index is -0.718. The molecule has 0 saturated heterocycles. The van der Waals surface area contributed by atoms with Gasteiger partial charge >= 0.3 is 17.1 Å². The lowest BCUT2D eigenvalue weighted by molar-refractivity contribution is 0.465. The maximum absolute atomic E-state index is 13.7. The summed E-state index contributed by atoms with van der Waals surface area (Å²) < 4.78 is 3.24. The molecule has 4 rings (SSSR count). The Morgan fingerprint density at radius 1 is 0.462 bits per heavy atom. The van der Waals surface area contributed by atoms with E-state index < -0.39 is 17.1 Å². The molecule has 0 fully saturated rings. The fraction of sp³-hybridized carbons (Fsp3) is 0.323. The summed E-state index contributed by atoms with van der Waals surface area (Å²) in [5.41, 5.74) is 5.78. The Hall–Kier alpha value is -4.33. The van der Waals surface area contributed by atoms with Crippen LogP contribution in [0, 0.1) is 48.5 Å². The van der Waals surface area contributed by atoms with Gasteiger partial charge in [-0.25, -0.2) is 28.1 Å². The Balaban J connectivity index is 1.92. The van der Waals surface area contributed by atoms with E-state index in [2.05, 4.69) is 0 Å². The molecule has 204 valence electrons. The Labute approximate surface area is 227 Å². The van der Waals surface area contributed by atoms with E-state index in [-0.39, 0.29) is 31.1 Å². The second-order valence-electron chi connectivity index (χ2n) is 10.6. The van der Waals surface area contributed by atoms with Crippen LogP contribution in [0.3, 0.4) is 0 Å². The van der Waals surface area contributed by atoms with Crippen LogP contribution in [-0.4, -0.2) is 23.9 Å². The topological polar surface area (TPSA) is 106 Å². The fourth-order valence-corrected chi connectivity index (χ4v) is 5.13. The minimum Gasteiger partial charge on any atom is -0.507 e. The summed E-state index contributed by atoms with van der Waals surface area (Å²) in [7, 11) is 0. The van der Waals surface area contributed by atoms with Crippen molar-refractivity contribution in [2.75, 3.05) is 0 Å². The Bertz CT molecular complexity index is 1480. The lowest BCUT2D eigenvalue weighted by atomic mass is 10.0. The monoisotopic (exact) mass is 529 g/mol. The molecule has 8 heteroatoms. The van der Waals surface area contributed by atoms with Gasteiger partial charge < -0.3 is 10.2 Å². The van der Waals surface area contributed by atoms with Crippen LogP contribution in [0.4, 0.5) is 0 Å². The van der Waals surface area contributed by atoms with Crippen molar-refractivity contribution in [3.63, 3.8) is 0 Å². The molecule has 3 aromatic carbocycles. The Morgan fingerprint density at radius 3 is 0.949 bits per heavy atom. The van der Waals surface area contributed by atoms with Gasteiger partial charge in [0.05, 0.1) is 19.6 Å². The van der Waals surface area contributed by atoms with E-state index in [0.717, 1.165) is 36.0 Å². The maximum atomic E-state index is 13.7. The van der Waals surface area contributed by atoms with E-state index in [1.165, 1.54) is 0 Å². The summed E-state index contributed by atoms with van der Waals surface area (Å²) >= 11 is 0. The predicted molar refractivity (Wildman–Crippen MR) is 152 cm³/mol.